The van der Waals surface area contributed by atoms with Crippen LogP contribution >= 0.6 is 0 Å². The Labute approximate surface area is 157 Å². The van der Waals surface area contributed by atoms with E-state index in [9.17, 15) is 13.2 Å². The maximum absolute atomic E-state index is 12.8. The average molecular weight is 383 g/mol. The summed E-state index contributed by atoms with van der Waals surface area (Å²) in [7, 11) is -3.55. The number of hydrogen-bond donors (Lipinski definition) is 2. The van der Waals surface area contributed by atoms with Crippen molar-refractivity contribution >= 4 is 21.6 Å². The standard InChI is InChI=1S/C19H31N3O3S/c1-4-22(5-2)26(24,25)18-14-17(11-10-16(18)3)20-19(23)15-21-12-8-6-7-9-13-21/h10-11,14H,4-9,12-13,15H2,1-3H3,(H,20,23)/p+1. The molecule has 1 aromatic rings. The number of amides is 1. The molecular weight excluding hydrogens is 350 g/mol. The van der Waals surface area contributed by atoms with E-state index in [1.165, 1.54) is 34.9 Å². The molecule has 1 fully saturated rings. The molecule has 1 heterocycles. The maximum atomic E-state index is 12.8. The van der Waals surface area contributed by atoms with Crippen molar-refractivity contribution in [1.82, 2.24) is 4.31 Å². The molecule has 1 amide bonds. The lowest BCUT2D eigenvalue weighted by atomic mass is 10.2. The van der Waals surface area contributed by atoms with E-state index >= 15 is 0 Å². The van der Waals surface area contributed by atoms with Crippen LogP contribution in [0, 0.1) is 6.92 Å². The van der Waals surface area contributed by atoms with Gasteiger partial charge in [0.05, 0.1) is 18.0 Å². The molecule has 0 aliphatic carbocycles. The number of likely N-dealkylation sites (tertiary alicyclic amines) is 1. The number of nitrogens with zero attached hydrogens (tertiary/aromatic N) is 1. The topological polar surface area (TPSA) is 70.9 Å². The Balaban J connectivity index is 2.12. The second-order valence-corrected chi connectivity index (χ2v) is 8.87. The summed E-state index contributed by atoms with van der Waals surface area (Å²) in [6.07, 6.45) is 4.82. The summed E-state index contributed by atoms with van der Waals surface area (Å²) < 4.78 is 27.1. The lowest BCUT2D eigenvalue weighted by Gasteiger charge is -2.20. The normalized spacial score (nSPS) is 16.5. The second-order valence-electron chi connectivity index (χ2n) is 6.96. The first-order valence-corrected chi connectivity index (χ1v) is 11.1. The van der Waals surface area contributed by atoms with E-state index < -0.39 is 10.0 Å². The van der Waals surface area contributed by atoms with Crippen molar-refractivity contribution in [2.45, 2.75) is 51.3 Å². The van der Waals surface area contributed by atoms with Crippen molar-refractivity contribution in [3.63, 3.8) is 0 Å². The molecule has 7 heteroatoms. The molecule has 0 radical (unpaired) electrons. The van der Waals surface area contributed by atoms with E-state index in [0.29, 0.717) is 30.9 Å². The zero-order valence-electron chi connectivity index (χ0n) is 16.2. The monoisotopic (exact) mass is 382 g/mol. The van der Waals surface area contributed by atoms with Gasteiger partial charge in [-0.15, -0.1) is 0 Å². The predicted molar refractivity (Wildman–Crippen MR) is 104 cm³/mol. The molecule has 0 atom stereocenters. The molecule has 0 unspecified atom stereocenters. The van der Waals surface area contributed by atoms with E-state index in [2.05, 4.69) is 5.32 Å². The van der Waals surface area contributed by atoms with Crippen LogP contribution in [0.4, 0.5) is 5.69 Å². The highest BCUT2D eigenvalue weighted by Gasteiger charge is 2.24. The third-order valence-electron chi connectivity index (χ3n) is 5.02. The number of aryl methyl sites for hydroxylation is 1. The fourth-order valence-electron chi connectivity index (χ4n) is 3.50. The first kappa shape index (κ1) is 20.9. The van der Waals surface area contributed by atoms with Gasteiger partial charge >= 0.3 is 0 Å². The van der Waals surface area contributed by atoms with E-state index in [-0.39, 0.29) is 10.8 Å². The number of hydrogen-bond acceptors (Lipinski definition) is 3. The molecule has 1 saturated heterocycles. The van der Waals surface area contributed by atoms with Crippen LogP contribution < -0.4 is 10.2 Å². The zero-order chi connectivity index (χ0) is 19.2. The molecule has 1 aromatic carbocycles. The summed E-state index contributed by atoms with van der Waals surface area (Å²) in [5.41, 5.74) is 1.23. The third kappa shape index (κ3) is 5.28. The Hall–Kier alpha value is -1.44. The van der Waals surface area contributed by atoms with Crippen molar-refractivity contribution in [3.05, 3.63) is 23.8 Å². The molecule has 2 rings (SSSR count). The second kappa shape index (κ2) is 9.48. The van der Waals surface area contributed by atoms with Gasteiger partial charge in [0.15, 0.2) is 6.54 Å². The number of nitrogens with one attached hydrogen (secondary N) is 2. The van der Waals surface area contributed by atoms with Crippen LogP contribution in [0.25, 0.3) is 0 Å². The van der Waals surface area contributed by atoms with Gasteiger partial charge in [-0.2, -0.15) is 4.31 Å². The smallest absolute Gasteiger partial charge is 0.279 e. The van der Waals surface area contributed by atoms with E-state index in [1.807, 2.05) is 13.8 Å². The summed E-state index contributed by atoms with van der Waals surface area (Å²) in [4.78, 5) is 14.0. The first-order valence-electron chi connectivity index (χ1n) is 9.62. The van der Waals surface area contributed by atoms with Crippen LogP contribution in [0.2, 0.25) is 0 Å². The van der Waals surface area contributed by atoms with Gasteiger partial charge in [-0.25, -0.2) is 8.42 Å². The third-order valence-corrected chi connectivity index (χ3v) is 7.21. The number of sulfonamides is 1. The highest BCUT2D eigenvalue weighted by atomic mass is 32.2. The van der Waals surface area contributed by atoms with Crippen molar-refractivity contribution < 1.29 is 18.1 Å². The van der Waals surface area contributed by atoms with Crippen LogP contribution in [-0.4, -0.2) is 51.4 Å². The van der Waals surface area contributed by atoms with Crippen LogP contribution in [0.5, 0.6) is 0 Å². The van der Waals surface area contributed by atoms with Crippen molar-refractivity contribution in [3.8, 4) is 0 Å². The Kier molecular flexibility index (Phi) is 7.61. The van der Waals surface area contributed by atoms with Gasteiger partial charge in [0, 0.05) is 18.8 Å². The number of benzene rings is 1. The highest BCUT2D eigenvalue weighted by molar-refractivity contribution is 7.89. The fraction of sp³-hybridized carbons (Fsp3) is 0.632. The van der Waals surface area contributed by atoms with E-state index in [4.69, 9.17) is 0 Å². The predicted octanol–water partition coefficient (Wildman–Crippen LogP) is 1.42. The largest absolute Gasteiger partial charge is 0.327 e. The summed E-state index contributed by atoms with van der Waals surface area (Å²) in [6, 6.07) is 5.11. The van der Waals surface area contributed by atoms with Gasteiger partial charge in [-0.3, -0.25) is 4.79 Å². The summed E-state index contributed by atoms with van der Waals surface area (Å²) in [5.74, 6) is -0.0584. The Morgan fingerprint density at radius 2 is 1.73 bits per heavy atom. The molecule has 2 N–H and O–H groups in total. The fourth-order valence-corrected chi connectivity index (χ4v) is 5.20. The molecule has 0 spiro atoms. The molecule has 146 valence electrons. The van der Waals surface area contributed by atoms with Crippen LogP contribution in [0.1, 0.15) is 45.1 Å². The van der Waals surface area contributed by atoms with Crippen LogP contribution in [0.15, 0.2) is 23.1 Å². The van der Waals surface area contributed by atoms with Crippen molar-refractivity contribution in [2.24, 2.45) is 0 Å². The number of quaternary nitrogens is 1. The molecule has 0 aromatic heterocycles. The van der Waals surface area contributed by atoms with Crippen LogP contribution in [-0.2, 0) is 14.8 Å². The van der Waals surface area contributed by atoms with Gasteiger partial charge in [0.1, 0.15) is 0 Å². The van der Waals surface area contributed by atoms with E-state index in [0.717, 1.165) is 13.1 Å². The Bertz CT molecular complexity index is 707. The van der Waals surface area contributed by atoms with Gasteiger partial charge in [0.25, 0.3) is 5.91 Å². The Morgan fingerprint density at radius 3 is 2.31 bits per heavy atom. The van der Waals surface area contributed by atoms with Gasteiger partial charge in [0.2, 0.25) is 10.0 Å². The quantitative estimate of drug-likeness (QED) is 0.749. The number of anilines is 1. The molecule has 0 bridgehead atoms. The first-order chi connectivity index (χ1) is 12.4. The summed E-state index contributed by atoms with van der Waals surface area (Å²) in [6.45, 7) is 8.78. The maximum Gasteiger partial charge on any atom is 0.279 e. The Morgan fingerprint density at radius 1 is 1.12 bits per heavy atom. The molecule has 1 aliphatic rings. The lowest BCUT2D eigenvalue weighted by Crippen LogP contribution is -3.12. The molecule has 1 aliphatic heterocycles. The molecule has 0 saturated carbocycles. The van der Waals surface area contributed by atoms with Gasteiger partial charge in [-0.1, -0.05) is 19.9 Å². The lowest BCUT2D eigenvalue weighted by molar-refractivity contribution is -0.890. The van der Waals surface area contributed by atoms with Crippen molar-refractivity contribution in [1.29, 1.82) is 0 Å². The van der Waals surface area contributed by atoms with Crippen LogP contribution in [0.3, 0.4) is 0 Å². The van der Waals surface area contributed by atoms with Crippen molar-refractivity contribution in [2.75, 3.05) is 38.0 Å². The summed E-state index contributed by atoms with van der Waals surface area (Å²) >= 11 is 0. The SMILES string of the molecule is CCN(CC)S(=O)(=O)c1cc(NC(=O)C[NH+]2CCCCCC2)ccc1C. The van der Waals surface area contributed by atoms with Gasteiger partial charge < -0.3 is 10.2 Å². The minimum Gasteiger partial charge on any atom is -0.327 e. The number of carbonyl (C=O) groups is 1. The van der Waals surface area contributed by atoms with E-state index in [1.54, 1.807) is 25.1 Å². The van der Waals surface area contributed by atoms with Gasteiger partial charge in [-0.05, 0) is 50.3 Å². The molecular formula is C19H32N3O3S+. The molecule has 26 heavy (non-hydrogen) atoms. The highest BCUT2D eigenvalue weighted by Crippen LogP contribution is 2.23. The minimum absolute atomic E-state index is 0.0584. The number of rotatable bonds is 7. The summed E-state index contributed by atoms with van der Waals surface area (Å²) in [5, 5.41) is 2.88. The molecule has 6 nitrogen and oxygen atoms in total. The number of carbonyl (C=O) groups excluding carboxylic acids is 1. The minimum atomic E-state index is -3.55. The average Bonchev–Trinajstić information content (AvgIpc) is 2.86. The zero-order valence-corrected chi connectivity index (χ0v) is 17.0.